The number of carbonyl (C=O) groups is 2. The van der Waals surface area contributed by atoms with E-state index in [-0.39, 0.29) is 18.0 Å². The molecule has 0 unspecified atom stereocenters. The summed E-state index contributed by atoms with van der Waals surface area (Å²) < 4.78 is 5.49. The van der Waals surface area contributed by atoms with Gasteiger partial charge in [-0.05, 0) is 25.7 Å². The van der Waals surface area contributed by atoms with Crippen LogP contribution >= 0.6 is 0 Å². The van der Waals surface area contributed by atoms with E-state index in [0.717, 1.165) is 57.9 Å². The first-order valence-corrected chi connectivity index (χ1v) is 8.04. The van der Waals surface area contributed by atoms with Gasteiger partial charge in [0, 0.05) is 19.9 Å². The average Bonchev–Trinajstić information content (AvgIpc) is 2.37. The quantitative estimate of drug-likeness (QED) is 0.440. The van der Waals surface area contributed by atoms with Crippen LogP contribution in [0.1, 0.15) is 78.6 Å². The van der Waals surface area contributed by atoms with Gasteiger partial charge >= 0.3 is 5.97 Å². The van der Waals surface area contributed by atoms with Crippen LogP contribution in [0.5, 0.6) is 0 Å². The Hall–Kier alpha value is -1.06. The van der Waals surface area contributed by atoms with E-state index in [1.54, 1.807) is 0 Å². The Balaban J connectivity index is 3.54. The molecule has 0 aromatic rings. The van der Waals surface area contributed by atoms with Gasteiger partial charge in [-0.2, -0.15) is 0 Å². The second-order valence-electron chi connectivity index (χ2n) is 5.34. The molecule has 0 rings (SSSR count). The number of esters is 1. The van der Waals surface area contributed by atoms with Crippen LogP contribution < -0.4 is 5.32 Å². The molecule has 4 heteroatoms. The van der Waals surface area contributed by atoms with Crippen LogP contribution in [0.2, 0.25) is 0 Å². The fourth-order valence-electron chi connectivity index (χ4n) is 2.16. The predicted molar refractivity (Wildman–Crippen MR) is 81.5 cm³/mol. The molecule has 0 heterocycles. The molecular weight excluding hydrogens is 254 g/mol. The van der Waals surface area contributed by atoms with Crippen LogP contribution in [0.3, 0.4) is 0 Å². The molecular formula is C16H31NO3. The summed E-state index contributed by atoms with van der Waals surface area (Å²) in [6.45, 7) is 6.49. The van der Waals surface area contributed by atoms with Crippen LogP contribution in [0.4, 0.5) is 0 Å². The van der Waals surface area contributed by atoms with Crippen molar-refractivity contribution in [1.82, 2.24) is 5.32 Å². The van der Waals surface area contributed by atoms with Gasteiger partial charge in [0.1, 0.15) is 6.10 Å². The van der Waals surface area contributed by atoms with Crippen molar-refractivity contribution in [3.63, 3.8) is 0 Å². The minimum Gasteiger partial charge on any atom is -0.462 e. The highest BCUT2D eigenvalue weighted by Gasteiger charge is 2.12. The first kappa shape index (κ1) is 18.9. The smallest absolute Gasteiger partial charge is 0.306 e. The van der Waals surface area contributed by atoms with Gasteiger partial charge in [0.25, 0.3) is 0 Å². The van der Waals surface area contributed by atoms with Crippen LogP contribution in [-0.4, -0.2) is 24.5 Å². The molecule has 118 valence electrons. The topological polar surface area (TPSA) is 55.4 Å². The lowest BCUT2D eigenvalue weighted by Crippen LogP contribution is -2.20. The van der Waals surface area contributed by atoms with Crippen molar-refractivity contribution in [2.24, 2.45) is 0 Å². The maximum atomic E-state index is 11.7. The summed E-state index contributed by atoms with van der Waals surface area (Å²) >= 11 is 0. The van der Waals surface area contributed by atoms with Crippen molar-refractivity contribution in [2.75, 3.05) is 6.54 Å². The average molecular weight is 285 g/mol. The van der Waals surface area contributed by atoms with Crippen LogP contribution in [0, 0.1) is 0 Å². The fraction of sp³-hybridized carbons (Fsp3) is 0.875. The molecule has 0 bridgehead atoms. The van der Waals surface area contributed by atoms with E-state index >= 15 is 0 Å². The van der Waals surface area contributed by atoms with E-state index in [4.69, 9.17) is 4.74 Å². The summed E-state index contributed by atoms with van der Waals surface area (Å²) in [5.74, 6) is -0.0368. The number of ether oxygens (including phenoxy) is 1. The molecule has 20 heavy (non-hydrogen) atoms. The highest BCUT2D eigenvalue weighted by Crippen LogP contribution is 2.12. The second-order valence-corrected chi connectivity index (χ2v) is 5.34. The molecule has 0 aliphatic heterocycles. The SMILES string of the molecule is CCCC(CCC)OC(=O)CCCCCCNC(C)=O. The molecule has 1 amide bonds. The monoisotopic (exact) mass is 285 g/mol. The predicted octanol–water partition coefficient (Wildman–Crippen LogP) is 3.59. The minimum atomic E-state index is -0.0567. The molecule has 0 fully saturated rings. The zero-order valence-electron chi connectivity index (χ0n) is 13.4. The van der Waals surface area contributed by atoms with E-state index in [0.29, 0.717) is 6.42 Å². The standard InChI is InChI=1S/C16H31NO3/c1-4-10-15(11-5-2)20-16(19)12-8-6-7-9-13-17-14(3)18/h15H,4-13H2,1-3H3,(H,17,18). The summed E-state index contributed by atoms with van der Waals surface area (Å²) in [5.41, 5.74) is 0. The van der Waals surface area contributed by atoms with Crippen molar-refractivity contribution in [3.8, 4) is 0 Å². The third-order valence-corrected chi connectivity index (χ3v) is 3.20. The molecule has 0 saturated heterocycles. The maximum Gasteiger partial charge on any atom is 0.306 e. The van der Waals surface area contributed by atoms with Gasteiger partial charge in [0.15, 0.2) is 0 Å². The van der Waals surface area contributed by atoms with Gasteiger partial charge in [-0.25, -0.2) is 0 Å². The van der Waals surface area contributed by atoms with Gasteiger partial charge in [-0.3, -0.25) is 9.59 Å². The molecule has 0 atom stereocenters. The van der Waals surface area contributed by atoms with E-state index in [1.807, 2.05) is 0 Å². The highest BCUT2D eigenvalue weighted by molar-refractivity contribution is 5.72. The Bertz CT molecular complexity index is 260. The lowest BCUT2D eigenvalue weighted by Gasteiger charge is -2.16. The third-order valence-electron chi connectivity index (χ3n) is 3.20. The highest BCUT2D eigenvalue weighted by atomic mass is 16.5. The molecule has 0 spiro atoms. The Morgan fingerprint density at radius 1 is 1.00 bits per heavy atom. The summed E-state index contributed by atoms with van der Waals surface area (Å²) in [6.07, 6.45) is 8.59. The number of hydrogen-bond acceptors (Lipinski definition) is 3. The minimum absolute atomic E-state index is 0.0199. The Labute approximate surface area is 123 Å². The number of hydrogen-bond donors (Lipinski definition) is 1. The zero-order valence-corrected chi connectivity index (χ0v) is 13.4. The molecule has 1 N–H and O–H groups in total. The fourth-order valence-corrected chi connectivity index (χ4v) is 2.16. The second kappa shape index (κ2) is 12.9. The summed E-state index contributed by atoms with van der Waals surface area (Å²) in [5, 5.41) is 2.77. The first-order valence-electron chi connectivity index (χ1n) is 8.04. The third kappa shape index (κ3) is 12.0. The number of rotatable bonds is 12. The number of unbranched alkanes of at least 4 members (excludes halogenated alkanes) is 3. The zero-order chi connectivity index (χ0) is 15.2. The van der Waals surface area contributed by atoms with E-state index in [1.165, 1.54) is 6.92 Å². The van der Waals surface area contributed by atoms with Crippen molar-refractivity contribution < 1.29 is 14.3 Å². The lowest BCUT2D eigenvalue weighted by molar-refractivity contribution is -0.149. The van der Waals surface area contributed by atoms with Crippen molar-refractivity contribution >= 4 is 11.9 Å². The van der Waals surface area contributed by atoms with Crippen LogP contribution in [-0.2, 0) is 14.3 Å². The molecule has 0 aliphatic carbocycles. The molecule has 0 saturated carbocycles. The molecule has 0 aromatic carbocycles. The summed E-state index contributed by atoms with van der Waals surface area (Å²) in [7, 11) is 0. The molecule has 0 aliphatic rings. The largest absolute Gasteiger partial charge is 0.462 e. The van der Waals surface area contributed by atoms with Gasteiger partial charge in [-0.1, -0.05) is 39.5 Å². The lowest BCUT2D eigenvalue weighted by atomic mass is 10.1. The van der Waals surface area contributed by atoms with E-state index < -0.39 is 0 Å². The van der Waals surface area contributed by atoms with E-state index in [9.17, 15) is 9.59 Å². The number of amides is 1. The molecule has 4 nitrogen and oxygen atoms in total. The van der Waals surface area contributed by atoms with Crippen molar-refractivity contribution in [2.45, 2.75) is 84.7 Å². The molecule has 0 aromatic heterocycles. The number of carbonyl (C=O) groups excluding carboxylic acids is 2. The van der Waals surface area contributed by atoms with E-state index in [2.05, 4.69) is 19.2 Å². The van der Waals surface area contributed by atoms with Gasteiger partial charge in [0.2, 0.25) is 5.91 Å². The summed E-state index contributed by atoms with van der Waals surface area (Å²) in [4.78, 5) is 22.4. The first-order chi connectivity index (χ1) is 9.60. The number of nitrogens with one attached hydrogen (secondary N) is 1. The normalized spacial score (nSPS) is 10.6. The van der Waals surface area contributed by atoms with Gasteiger partial charge < -0.3 is 10.1 Å². The maximum absolute atomic E-state index is 11.7. The molecule has 0 radical (unpaired) electrons. The Kier molecular flexibility index (Phi) is 12.3. The summed E-state index contributed by atoms with van der Waals surface area (Å²) in [6, 6.07) is 0. The van der Waals surface area contributed by atoms with Crippen molar-refractivity contribution in [1.29, 1.82) is 0 Å². The Morgan fingerprint density at radius 2 is 1.60 bits per heavy atom. The van der Waals surface area contributed by atoms with Crippen LogP contribution in [0.25, 0.3) is 0 Å². The van der Waals surface area contributed by atoms with Crippen molar-refractivity contribution in [3.05, 3.63) is 0 Å². The van der Waals surface area contributed by atoms with Gasteiger partial charge in [0.05, 0.1) is 0 Å². The van der Waals surface area contributed by atoms with Crippen LogP contribution in [0.15, 0.2) is 0 Å². The Morgan fingerprint density at radius 3 is 2.15 bits per heavy atom. The van der Waals surface area contributed by atoms with Gasteiger partial charge in [-0.15, -0.1) is 0 Å².